The zero-order chi connectivity index (χ0) is 19.9. The quantitative estimate of drug-likeness (QED) is 0.365. The molecule has 0 bridgehead atoms. The van der Waals surface area contributed by atoms with Crippen molar-refractivity contribution in [3.63, 3.8) is 0 Å². The Hall–Kier alpha value is -2.94. The molecule has 2 aromatic carbocycles. The molecule has 142 valence electrons. The van der Waals surface area contributed by atoms with Crippen molar-refractivity contribution in [2.45, 2.75) is 14.4 Å². The van der Waals surface area contributed by atoms with Crippen LogP contribution in [0.1, 0.15) is 0 Å². The van der Waals surface area contributed by atoms with Crippen molar-refractivity contribution >= 4 is 49.0 Å². The van der Waals surface area contributed by atoms with Crippen LogP contribution in [0.25, 0.3) is 15.9 Å². The zero-order valence-corrected chi connectivity index (χ0v) is 16.1. The number of nitrogens with zero attached hydrogens (tertiary/aromatic N) is 6. The Balaban J connectivity index is 1.64. The minimum atomic E-state index is -3.79. The molecule has 0 saturated carbocycles. The molecule has 14 heteroatoms. The molecule has 4 aromatic rings. The lowest BCUT2D eigenvalue weighted by Crippen LogP contribution is -2.12. The highest BCUT2D eigenvalue weighted by atomic mass is 32.2. The van der Waals surface area contributed by atoms with Crippen molar-refractivity contribution in [3.8, 4) is 5.69 Å². The van der Waals surface area contributed by atoms with Crippen LogP contribution in [0, 0.1) is 10.1 Å². The van der Waals surface area contributed by atoms with Crippen molar-refractivity contribution in [1.29, 1.82) is 0 Å². The maximum Gasteiger partial charge on any atom is 0.270 e. The minimum absolute atomic E-state index is 0.00696. The average molecular weight is 435 g/mol. The molecule has 2 heterocycles. The topological polar surface area (TPSA) is 160 Å². The summed E-state index contributed by atoms with van der Waals surface area (Å²) in [4.78, 5) is 14.8. The number of sulfonamides is 1. The average Bonchev–Trinajstić information content (AvgIpc) is 3.26. The molecule has 0 amide bonds. The monoisotopic (exact) mass is 435 g/mol. The van der Waals surface area contributed by atoms with E-state index < -0.39 is 14.9 Å². The number of tetrazole rings is 1. The van der Waals surface area contributed by atoms with Crippen molar-refractivity contribution in [2.75, 3.05) is 0 Å². The van der Waals surface area contributed by atoms with Gasteiger partial charge in [-0.2, -0.15) is 4.68 Å². The number of benzene rings is 2. The molecule has 2 N–H and O–H groups in total. The van der Waals surface area contributed by atoms with Crippen LogP contribution in [-0.2, 0) is 10.0 Å². The molecule has 2 aromatic heterocycles. The molecule has 28 heavy (non-hydrogen) atoms. The SMILES string of the molecule is NS(=O)(=O)c1ccc(-n2nnnc2Sc2nc3ccc([N+](=O)[O-])cc3s2)cc1. The highest BCUT2D eigenvalue weighted by molar-refractivity contribution is 8.01. The fourth-order valence-corrected chi connectivity index (χ4v) is 4.82. The summed E-state index contributed by atoms with van der Waals surface area (Å²) < 4.78 is 25.4. The lowest BCUT2D eigenvalue weighted by molar-refractivity contribution is -0.384. The zero-order valence-electron chi connectivity index (χ0n) is 13.7. The largest absolute Gasteiger partial charge is 0.270 e. The molecule has 4 rings (SSSR count). The van der Waals surface area contributed by atoms with E-state index in [-0.39, 0.29) is 10.6 Å². The lowest BCUT2D eigenvalue weighted by atomic mass is 10.3. The third-order valence-electron chi connectivity index (χ3n) is 3.59. The van der Waals surface area contributed by atoms with Gasteiger partial charge in [-0.05, 0) is 52.5 Å². The van der Waals surface area contributed by atoms with Crippen LogP contribution in [-0.4, -0.2) is 38.5 Å². The number of non-ortho nitro benzene ring substituents is 1. The molecule has 0 aliphatic carbocycles. The maximum absolute atomic E-state index is 11.4. The van der Waals surface area contributed by atoms with Gasteiger partial charge in [0.1, 0.15) is 0 Å². The van der Waals surface area contributed by atoms with E-state index in [1.165, 1.54) is 64.2 Å². The molecule has 0 radical (unpaired) electrons. The van der Waals surface area contributed by atoms with Gasteiger partial charge in [0.25, 0.3) is 5.69 Å². The van der Waals surface area contributed by atoms with Crippen molar-refractivity contribution in [1.82, 2.24) is 25.2 Å². The van der Waals surface area contributed by atoms with Crippen LogP contribution in [0.4, 0.5) is 5.69 Å². The van der Waals surface area contributed by atoms with E-state index in [0.717, 1.165) is 0 Å². The fraction of sp³-hybridized carbons (Fsp3) is 0. The summed E-state index contributed by atoms with van der Waals surface area (Å²) in [6.07, 6.45) is 0. The molecule has 0 atom stereocenters. The van der Waals surface area contributed by atoms with Gasteiger partial charge in [-0.25, -0.2) is 18.5 Å². The van der Waals surface area contributed by atoms with Crippen LogP contribution >= 0.6 is 23.1 Å². The van der Waals surface area contributed by atoms with Crippen molar-refractivity contribution in [2.24, 2.45) is 5.14 Å². The van der Waals surface area contributed by atoms with Crippen molar-refractivity contribution < 1.29 is 13.3 Å². The van der Waals surface area contributed by atoms with Crippen molar-refractivity contribution in [3.05, 3.63) is 52.6 Å². The number of nitro groups is 1. The highest BCUT2D eigenvalue weighted by Gasteiger charge is 2.16. The van der Waals surface area contributed by atoms with Gasteiger partial charge in [0.2, 0.25) is 15.2 Å². The van der Waals surface area contributed by atoms with Crippen LogP contribution in [0.5, 0.6) is 0 Å². The summed E-state index contributed by atoms with van der Waals surface area (Å²) in [7, 11) is -3.79. The van der Waals surface area contributed by atoms with Crippen LogP contribution in [0.3, 0.4) is 0 Å². The number of rotatable bonds is 5. The molecule has 0 aliphatic rings. The lowest BCUT2D eigenvalue weighted by Gasteiger charge is -2.04. The molecule has 11 nitrogen and oxygen atoms in total. The molecule has 0 aliphatic heterocycles. The van der Waals surface area contributed by atoms with E-state index in [0.29, 0.717) is 25.4 Å². The Morgan fingerprint density at radius 1 is 1.18 bits per heavy atom. The number of nitro benzene ring substituents is 1. The van der Waals surface area contributed by atoms with Gasteiger partial charge in [0, 0.05) is 12.1 Å². The second-order valence-corrected chi connectivity index (χ2v) is 9.21. The first-order valence-corrected chi connectivity index (χ1v) is 10.6. The normalized spacial score (nSPS) is 11.8. The molecular formula is C14H9N7O4S3. The molecular weight excluding hydrogens is 426 g/mol. The van der Waals surface area contributed by atoms with Gasteiger partial charge < -0.3 is 0 Å². The standard InChI is InChI=1S/C14H9N7O4S3/c15-28(24,25)10-4-1-8(2-5-10)20-13(17-18-19-20)27-14-16-11-6-3-9(21(22)23)7-12(11)26-14/h1-7H,(H2,15,24,25). The summed E-state index contributed by atoms with van der Waals surface area (Å²) in [6.45, 7) is 0. The summed E-state index contributed by atoms with van der Waals surface area (Å²) in [5.41, 5.74) is 1.17. The third kappa shape index (κ3) is 3.57. The number of thiazole rings is 1. The van der Waals surface area contributed by atoms with Crippen LogP contribution in [0.2, 0.25) is 0 Å². The predicted molar refractivity (Wildman–Crippen MR) is 101 cm³/mol. The molecule has 0 saturated heterocycles. The number of hydrogen-bond donors (Lipinski definition) is 1. The van der Waals surface area contributed by atoms with Gasteiger partial charge in [0.05, 0.1) is 25.7 Å². The Bertz CT molecular complexity index is 1300. The fourth-order valence-electron chi connectivity index (χ4n) is 2.31. The number of hydrogen-bond acceptors (Lipinski definition) is 10. The molecule has 0 unspecified atom stereocenters. The predicted octanol–water partition coefficient (Wildman–Crippen LogP) is 1.98. The van der Waals surface area contributed by atoms with E-state index in [4.69, 9.17) is 5.14 Å². The van der Waals surface area contributed by atoms with Crippen LogP contribution in [0.15, 0.2) is 56.9 Å². The minimum Gasteiger partial charge on any atom is -0.258 e. The first kappa shape index (κ1) is 18.4. The molecule has 0 spiro atoms. The second-order valence-electron chi connectivity index (χ2n) is 5.40. The van der Waals surface area contributed by atoms with Gasteiger partial charge in [-0.15, -0.1) is 16.4 Å². The van der Waals surface area contributed by atoms with E-state index in [1.54, 1.807) is 6.07 Å². The Kier molecular flexibility index (Phi) is 4.54. The number of fused-ring (bicyclic) bond motifs is 1. The Morgan fingerprint density at radius 3 is 2.61 bits per heavy atom. The van der Waals surface area contributed by atoms with Gasteiger partial charge >= 0.3 is 0 Å². The smallest absolute Gasteiger partial charge is 0.258 e. The molecule has 0 fully saturated rings. The van der Waals surface area contributed by atoms with E-state index >= 15 is 0 Å². The van der Waals surface area contributed by atoms with Gasteiger partial charge in [-0.3, -0.25) is 10.1 Å². The number of primary sulfonamides is 1. The number of nitrogens with two attached hydrogens (primary N) is 1. The van der Waals surface area contributed by atoms with E-state index in [9.17, 15) is 18.5 Å². The summed E-state index contributed by atoms with van der Waals surface area (Å²) in [5, 5.41) is 27.9. The maximum atomic E-state index is 11.4. The summed E-state index contributed by atoms with van der Waals surface area (Å²) >= 11 is 2.47. The first-order chi connectivity index (χ1) is 13.3. The summed E-state index contributed by atoms with van der Waals surface area (Å²) in [6, 6.07) is 10.2. The first-order valence-electron chi connectivity index (χ1n) is 7.46. The highest BCUT2D eigenvalue weighted by Crippen LogP contribution is 2.35. The second kappa shape index (κ2) is 6.90. The summed E-state index contributed by atoms with van der Waals surface area (Å²) in [5.74, 6) is 0. The Labute approximate surface area is 165 Å². The van der Waals surface area contributed by atoms with Gasteiger partial charge in [-0.1, -0.05) is 0 Å². The Morgan fingerprint density at radius 2 is 1.93 bits per heavy atom. The van der Waals surface area contributed by atoms with Crippen LogP contribution < -0.4 is 5.14 Å². The third-order valence-corrected chi connectivity index (χ3v) is 6.54. The van der Waals surface area contributed by atoms with Gasteiger partial charge in [0.15, 0.2) is 4.34 Å². The van der Waals surface area contributed by atoms with E-state index in [1.807, 2.05) is 0 Å². The number of aromatic nitrogens is 5. The van der Waals surface area contributed by atoms with E-state index in [2.05, 4.69) is 20.5 Å².